The molecule has 13 heavy (non-hydrogen) atoms. The molecule has 1 heterocycles. The van der Waals surface area contributed by atoms with Gasteiger partial charge in [-0.2, -0.15) is 0 Å². The largest absolute Gasteiger partial charge is 0.399 e. The average molecular weight is 174 g/mol. The number of nitrogen functional groups attached to an aromatic ring is 1. The fraction of sp³-hybridized carbons (Fsp3) is 0.100. The Morgan fingerprint density at radius 3 is 2.46 bits per heavy atom. The van der Waals surface area contributed by atoms with Gasteiger partial charge in [-0.05, 0) is 24.3 Å². The summed E-state index contributed by atoms with van der Waals surface area (Å²) < 4.78 is 0. The van der Waals surface area contributed by atoms with Gasteiger partial charge in [0, 0.05) is 24.0 Å². The molecule has 1 aromatic rings. The van der Waals surface area contributed by atoms with Crippen LogP contribution >= 0.6 is 0 Å². The number of carbonyl (C=O) groups is 1. The zero-order chi connectivity index (χ0) is 9.26. The monoisotopic (exact) mass is 174 g/mol. The van der Waals surface area contributed by atoms with Crippen molar-refractivity contribution in [2.24, 2.45) is 0 Å². The summed E-state index contributed by atoms with van der Waals surface area (Å²) in [6.07, 6.45) is 3.43. The van der Waals surface area contributed by atoms with Crippen LogP contribution in [0.2, 0.25) is 0 Å². The Hall–Kier alpha value is -1.77. The maximum Gasteiger partial charge on any atom is 0.251 e. The van der Waals surface area contributed by atoms with Crippen molar-refractivity contribution in [3.63, 3.8) is 0 Å². The fourth-order valence-electron chi connectivity index (χ4n) is 1.33. The fourth-order valence-corrected chi connectivity index (χ4v) is 1.33. The van der Waals surface area contributed by atoms with E-state index in [9.17, 15) is 4.79 Å². The molecule has 2 N–H and O–H groups in total. The lowest BCUT2D eigenvalue weighted by atomic mass is 10.2. The van der Waals surface area contributed by atoms with Gasteiger partial charge in [-0.3, -0.25) is 4.79 Å². The highest BCUT2D eigenvalue weighted by molar-refractivity contribution is 6.04. The van der Waals surface area contributed by atoms with Gasteiger partial charge in [-0.15, -0.1) is 0 Å². The molecule has 3 heteroatoms. The number of nitrogens with two attached hydrogens (primary N) is 1. The second kappa shape index (κ2) is 2.94. The second-order valence-electron chi connectivity index (χ2n) is 2.94. The van der Waals surface area contributed by atoms with Gasteiger partial charge in [0.05, 0.1) is 0 Å². The number of hydrogen-bond acceptors (Lipinski definition) is 2. The Labute approximate surface area is 76.5 Å². The normalized spacial score (nSPS) is 15.4. The summed E-state index contributed by atoms with van der Waals surface area (Å²) in [7, 11) is 0. The highest BCUT2D eigenvalue weighted by Crippen LogP contribution is 2.18. The molecule has 66 valence electrons. The van der Waals surface area contributed by atoms with Gasteiger partial charge in [-0.25, -0.2) is 0 Å². The third-order valence-corrected chi connectivity index (χ3v) is 2.02. The van der Waals surface area contributed by atoms with Crippen molar-refractivity contribution in [2.45, 2.75) is 0 Å². The van der Waals surface area contributed by atoms with Gasteiger partial charge < -0.3 is 10.6 Å². The van der Waals surface area contributed by atoms with Crippen LogP contribution in [0.25, 0.3) is 0 Å². The molecule has 0 unspecified atom stereocenters. The standard InChI is InChI=1S/C10H10N2O/c11-8-3-5-9(6-4-8)12-7-1-2-10(12)13/h1-6H,7,11H2. The summed E-state index contributed by atoms with van der Waals surface area (Å²) in [4.78, 5) is 13.0. The molecule has 0 saturated carbocycles. The van der Waals surface area contributed by atoms with Crippen LogP contribution in [-0.4, -0.2) is 12.5 Å². The molecule has 1 aliphatic rings. The summed E-state index contributed by atoms with van der Waals surface area (Å²) in [5.74, 6) is 0.0322. The molecule has 1 aromatic carbocycles. The summed E-state index contributed by atoms with van der Waals surface area (Å²) >= 11 is 0. The highest BCUT2D eigenvalue weighted by atomic mass is 16.2. The minimum Gasteiger partial charge on any atom is -0.399 e. The molecule has 0 bridgehead atoms. The molecule has 0 aromatic heterocycles. The first-order valence-corrected chi connectivity index (χ1v) is 4.11. The first kappa shape index (κ1) is 7.86. The van der Waals surface area contributed by atoms with Crippen LogP contribution in [-0.2, 0) is 4.79 Å². The topological polar surface area (TPSA) is 46.3 Å². The van der Waals surface area contributed by atoms with Crippen LogP contribution in [0.3, 0.4) is 0 Å². The van der Waals surface area contributed by atoms with Crippen LogP contribution < -0.4 is 10.6 Å². The van der Waals surface area contributed by atoms with E-state index in [0.29, 0.717) is 12.2 Å². The number of rotatable bonds is 1. The van der Waals surface area contributed by atoms with Gasteiger partial charge in [0.2, 0.25) is 0 Å². The maximum absolute atomic E-state index is 11.3. The Bertz CT molecular complexity index is 354. The molecule has 0 aliphatic carbocycles. The number of benzene rings is 1. The number of anilines is 2. The molecule has 0 saturated heterocycles. The summed E-state index contributed by atoms with van der Waals surface area (Å²) in [6, 6.07) is 7.28. The Morgan fingerprint density at radius 2 is 1.92 bits per heavy atom. The molecule has 0 fully saturated rings. The zero-order valence-corrected chi connectivity index (χ0v) is 7.10. The van der Waals surface area contributed by atoms with E-state index in [2.05, 4.69) is 0 Å². The highest BCUT2D eigenvalue weighted by Gasteiger charge is 2.15. The first-order valence-electron chi connectivity index (χ1n) is 4.11. The van der Waals surface area contributed by atoms with Crippen molar-refractivity contribution < 1.29 is 4.79 Å². The summed E-state index contributed by atoms with van der Waals surface area (Å²) in [5.41, 5.74) is 7.15. The van der Waals surface area contributed by atoms with Crippen molar-refractivity contribution in [3.8, 4) is 0 Å². The molecule has 0 radical (unpaired) electrons. The Balaban J connectivity index is 2.26. The Morgan fingerprint density at radius 1 is 1.23 bits per heavy atom. The van der Waals surface area contributed by atoms with Crippen LogP contribution in [0.1, 0.15) is 0 Å². The van der Waals surface area contributed by atoms with E-state index in [0.717, 1.165) is 5.69 Å². The molecule has 1 aliphatic heterocycles. The first-order chi connectivity index (χ1) is 6.27. The minimum absolute atomic E-state index is 0.0322. The third-order valence-electron chi connectivity index (χ3n) is 2.02. The van der Waals surface area contributed by atoms with E-state index in [1.165, 1.54) is 0 Å². The molecule has 2 rings (SSSR count). The van der Waals surface area contributed by atoms with Gasteiger partial charge in [-0.1, -0.05) is 6.08 Å². The van der Waals surface area contributed by atoms with Crippen LogP contribution in [0.4, 0.5) is 11.4 Å². The lowest BCUT2D eigenvalue weighted by Gasteiger charge is -2.15. The van der Waals surface area contributed by atoms with E-state index in [1.54, 1.807) is 23.1 Å². The van der Waals surface area contributed by atoms with Crippen LogP contribution in [0.15, 0.2) is 36.4 Å². The third kappa shape index (κ3) is 1.40. The second-order valence-corrected chi connectivity index (χ2v) is 2.94. The molecule has 0 spiro atoms. The van der Waals surface area contributed by atoms with Gasteiger partial charge in [0.15, 0.2) is 0 Å². The van der Waals surface area contributed by atoms with E-state index in [-0.39, 0.29) is 5.91 Å². The van der Waals surface area contributed by atoms with Crippen molar-refractivity contribution in [3.05, 3.63) is 36.4 Å². The van der Waals surface area contributed by atoms with E-state index < -0.39 is 0 Å². The predicted octanol–water partition coefficient (Wildman–Crippen LogP) is 1.17. The molecular formula is C10H10N2O. The lowest BCUT2D eigenvalue weighted by Crippen LogP contribution is -2.24. The van der Waals surface area contributed by atoms with Crippen molar-refractivity contribution in [2.75, 3.05) is 17.2 Å². The number of nitrogens with zero attached hydrogens (tertiary/aromatic N) is 1. The van der Waals surface area contributed by atoms with Crippen molar-refractivity contribution >= 4 is 17.3 Å². The van der Waals surface area contributed by atoms with Crippen LogP contribution in [0.5, 0.6) is 0 Å². The maximum atomic E-state index is 11.3. The Kier molecular flexibility index (Phi) is 1.77. The van der Waals surface area contributed by atoms with Gasteiger partial charge in [0.25, 0.3) is 5.91 Å². The SMILES string of the molecule is Nc1ccc(N2CC=CC2=O)cc1. The predicted molar refractivity (Wildman–Crippen MR) is 52.3 cm³/mol. The smallest absolute Gasteiger partial charge is 0.251 e. The van der Waals surface area contributed by atoms with E-state index in [4.69, 9.17) is 5.73 Å². The quantitative estimate of drug-likeness (QED) is 0.649. The molecule has 1 amide bonds. The van der Waals surface area contributed by atoms with Crippen molar-refractivity contribution in [1.82, 2.24) is 0 Å². The molecule has 3 nitrogen and oxygen atoms in total. The molecule has 0 atom stereocenters. The van der Waals surface area contributed by atoms with E-state index in [1.807, 2.05) is 18.2 Å². The number of carbonyl (C=O) groups excluding carboxylic acids is 1. The zero-order valence-electron chi connectivity index (χ0n) is 7.10. The number of hydrogen-bond donors (Lipinski definition) is 1. The van der Waals surface area contributed by atoms with E-state index >= 15 is 0 Å². The lowest BCUT2D eigenvalue weighted by molar-refractivity contribution is -0.113. The average Bonchev–Trinajstić information content (AvgIpc) is 2.53. The van der Waals surface area contributed by atoms with Gasteiger partial charge in [0.1, 0.15) is 0 Å². The number of amides is 1. The van der Waals surface area contributed by atoms with Gasteiger partial charge >= 0.3 is 0 Å². The molecular weight excluding hydrogens is 164 g/mol. The summed E-state index contributed by atoms with van der Waals surface area (Å²) in [6.45, 7) is 0.656. The minimum atomic E-state index is 0.0322. The summed E-state index contributed by atoms with van der Waals surface area (Å²) in [5, 5.41) is 0. The van der Waals surface area contributed by atoms with Crippen molar-refractivity contribution in [1.29, 1.82) is 0 Å². The van der Waals surface area contributed by atoms with Crippen LogP contribution in [0, 0.1) is 0 Å².